The number of ether oxygens (including phenoxy) is 1. The molecular weight excluding hydrogens is 290 g/mol. The molecule has 0 aromatic carbocycles. The van der Waals surface area contributed by atoms with E-state index in [2.05, 4.69) is 15.4 Å². The maximum Gasteiger partial charge on any atom is 0.307 e. The molecule has 0 aliphatic heterocycles. The van der Waals surface area contributed by atoms with Gasteiger partial charge in [0.1, 0.15) is 18.9 Å². The minimum Gasteiger partial charge on any atom is -0.481 e. The van der Waals surface area contributed by atoms with E-state index >= 15 is 0 Å². The van der Waals surface area contributed by atoms with Crippen molar-refractivity contribution in [2.24, 2.45) is 0 Å². The standard InChI is InChI=1S/C13H15N5O4/c1-22-13-6-10(3-5-15-13)2-4-14-12(19)9-17-8-11(7-16-17)18(20)21/h3,5-8H,2,4,9H2,1H3,(H,14,19). The van der Waals surface area contributed by atoms with E-state index in [9.17, 15) is 14.9 Å². The maximum atomic E-state index is 11.7. The number of nitrogens with zero attached hydrogens (tertiary/aromatic N) is 4. The molecule has 0 aliphatic carbocycles. The number of pyridine rings is 1. The summed E-state index contributed by atoms with van der Waals surface area (Å²) in [5.74, 6) is 0.256. The molecule has 9 nitrogen and oxygen atoms in total. The molecule has 0 saturated carbocycles. The summed E-state index contributed by atoms with van der Waals surface area (Å²) >= 11 is 0. The molecule has 0 fully saturated rings. The van der Waals surface area contributed by atoms with Crippen molar-refractivity contribution in [3.8, 4) is 5.88 Å². The van der Waals surface area contributed by atoms with Crippen molar-refractivity contribution in [3.63, 3.8) is 0 Å². The molecule has 22 heavy (non-hydrogen) atoms. The van der Waals surface area contributed by atoms with E-state index in [-0.39, 0.29) is 18.1 Å². The summed E-state index contributed by atoms with van der Waals surface area (Å²) in [5.41, 5.74) is 0.846. The van der Waals surface area contributed by atoms with Crippen LogP contribution in [0.4, 0.5) is 5.69 Å². The van der Waals surface area contributed by atoms with Gasteiger partial charge in [0, 0.05) is 18.8 Å². The average Bonchev–Trinajstić information content (AvgIpc) is 2.96. The summed E-state index contributed by atoms with van der Waals surface area (Å²) in [5, 5.41) is 17.0. The minimum atomic E-state index is -0.557. The molecule has 0 aliphatic rings. The van der Waals surface area contributed by atoms with Gasteiger partial charge in [-0.3, -0.25) is 19.6 Å². The molecule has 9 heteroatoms. The Kier molecular flexibility index (Phi) is 5.02. The second kappa shape index (κ2) is 7.16. The Morgan fingerprint density at radius 2 is 2.36 bits per heavy atom. The topological polar surface area (TPSA) is 112 Å². The van der Waals surface area contributed by atoms with Crippen LogP contribution in [-0.2, 0) is 17.8 Å². The Balaban J connectivity index is 1.78. The third-order valence-corrected chi connectivity index (χ3v) is 2.88. The number of rotatable bonds is 7. The summed E-state index contributed by atoms with van der Waals surface area (Å²) in [6.07, 6.45) is 4.59. The van der Waals surface area contributed by atoms with Crippen molar-refractivity contribution in [2.75, 3.05) is 13.7 Å². The van der Waals surface area contributed by atoms with Crippen molar-refractivity contribution < 1.29 is 14.5 Å². The highest BCUT2D eigenvalue weighted by atomic mass is 16.6. The molecule has 1 N–H and O–H groups in total. The van der Waals surface area contributed by atoms with Crippen LogP contribution in [0.1, 0.15) is 5.56 Å². The van der Waals surface area contributed by atoms with Crippen molar-refractivity contribution in [1.29, 1.82) is 0 Å². The average molecular weight is 305 g/mol. The lowest BCUT2D eigenvalue weighted by Crippen LogP contribution is -2.29. The number of nitrogens with one attached hydrogen (secondary N) is 1. The zero-order valence-electron chi connectivity index (χ0n) is 11.9. The van der Waals surface area contributed by atoms with Crippen molar-refractivity contribution >= 4 is 11.6 Å². The third-order valence-electron chi connectivity index (χ3n) is 2.88. The van der Waals surface area contributed by atoms with E-state index < -0.39 is 4.92 Å². The number of amides is 1. The van der Waals surface area contributed by atoms with E-state index in [1.165, 1.54) is 18.0 Å². The van der Waals surface area contributed by atoms with Crippen LogP contribution in [0, 0.1) is 10.1 Å². The van der Waals surface area contributed by atoms with Gasteiger partial charge in [-0.1, -0.05) is 0 Å². The molecule has 0 bridgehead atoms. The van der Waals surface area contributed by atoms with Crippen LogP contribution < -0.4 is 10.1 Å². The van der Waals surface area contributed by atoms with Crippen LogP contribution >= 0.6 is 0 Å². The Morgan fingerprint density at radius 1 is 1.55 bits per heavy atom. The molecule has 0 spiro atoms. The monoisotopic (exact) mass is 305 g/mol. The second-order valence-corrected chi connectivity index (χ2v) is 4.46. The minimum absolute atomic E-state index is 0.0620. The van der Waals surface area contributed by atoms with Gasteiger partial charge in [0.05, 0.1) is 12.0 Å². The van der Waals surface area contributed by atoms with Crippen LogP contribution in [0.25, 0.3) is 0 Å². The van der Waals surface area contributed by atoms with Crippen molar-refractivity contribution in [3.05, 3.63) is 46.4 Å². The molecular formula is C13H15N5O4. The number of methoxy groups -OCH3 is 1. The van der Waals surface area contributed by atoms with E-state index in [0.717, 1.165) is 11.8 Å². The van der Waals surface area contributed by atoms with Crippen LogP contribution in [0.3, 0.4) is 0 Å². The number of nitro groups is 1. The van der Waals surface area contributed by atoms with Crippen LogP contribution in [0.2, 0.25) is 0 Å². The highest BCUT2D eigenvalue weighted by Gasteiger charge is 2.10. The summed E-state index contributed by atoms with van der Waals surface area (Å²) in [6, 6.07) is 3.63. The van der Waals surface area contributed by atoms with Crippen LogP contribution in [-0.4, -0.2) is 39.2 Å². The van der Waals surface area contributed by atoms with Gasteiger partial charge in [0.2, 0.25) is 11.8 Å². The fourth-order valence-corrected chi connectivity index (χ4v) is 1.80. The smallest absolute Gasteiger partial charge is 0.307 e. The number of carbonyl (C=O) groups excluding carboxylic acids is 1. The highest BCUT2D eigenvalue weighted by Crippen LogP contribution is 2.09. The van der Waals surface area contributed by atoms with Crippen LogP contribution in [0.15, 0.2) is 30.7 Å². The Hall–Kier alpha value is -2.97. The van der Waals surface area contributed by atoms with Crippen LogP contribution in [0.5, 0.6) is 5.88 Å². The first-order chi connectivity index (χ1) is 10.6. The second-order valence-electron chi connectivity index (χ2n) is 4.46. The SMILES string of the molecule is COc1cc(CCNC(=O)Cn2cc([N+](=O)[O-])cn2)ccn1. The van der Waals surface area contributed by atoms with Gasteiger partial charge in [0.25, 0.3) is 0 Å². The molecule has 2 rings (SSSR count). The first-order valence-corrected chi connectivity index (χ1v) is 6.51. The Labute approximate surface area is 126 Å². The van der Waals surface area contributed by atoms with Gasteiger partial charge in [-0.25, -0.2) is 4.98 Å². The number of aromatic nitrogens is 3. The lowest BCUT2D eigenvalue weighted by Gasteiger charge is -2.06. The van der Waals surface area contributed by atoms with Gasteiger partial charge >= 0.3 is 5.69 Å². The third kappa shape index (κ3) is 4.27. The molecule has 1 amide bonds. The largest absolute Gasteiger partial charge is 0.481 e. The number of hydrogen-bond donors (Lipinski definition) is 1. The molecule has 2 aromatic rings. The summed E-state index contributed by atoms with van der Waals surface area (Å²) < 4.78 is 6.24. The fraction of sp³-hybridized carbons (Fsp3) is 0.308. The quantitative estimate of drug-likeness (QED) is 0.590. The molecule has 0 atom stereocenters. The van der Waals surface area contributed by atoms with E-state index in [1.807, 2.05) is 6.07 Å². The van der Waals surface area contributed by atoms with E-state index in [4.69, 9.17) is 4.74 Å². The lowest BCUT2D eigenvalue weighted by molar-refractivity contribution is -0.385. The number of hydrogen-bond acceptors (Lipinski definition) is 6. The van der Waals surface area contributed by atoms with Crippen molar-refractivity contribution in [2.45, 2.75) is 13.0 Å². The van der Waals surface area contributed by atoms with Crippen molar-refractivity contribution in [1.82, 2.24) is 20.1 Å². The molecule has 2 aromatic heterocycles. The predicted molar refractivity (Wildman–Crippen MR) is 76.4 cm³/mol. The first-order valence-electron chi connectivity index (χ1n) is 6.51. The van der Waals surface area contributed by atoms with E-state index in [0.29, 0.717) is 18.8 Å². The van der Waals surface area contributed by atoms with Gasteiger partial charge in [-0.15, -0.1) is 0 Å². The normalized spacial score (nSPS) is 10.2. The first kappa shape index (κ1) is 15.4. The Morgan fingerprint density at radius 3 is 3.05 bits per heavy atom. The predicted octanol–water partition coefficient (Wildman–Crippen LogP) is 0.554. The fourth-order valence-electron chi connectivity index (χ4n) is 1.80. The molecule has 0 saturated heterocycles. The zero-order chi connectivity index (χ0) is 15.9. The summed E-state index contributed by atoms with van der Waals surface area (Å²) in [6.45, 7) is 0.378. The Bertz CT molecular complexity index is 670. The maximum absolute atomic E-state index is 11.7. The molecule has 116 valence electrons. The number of carbonyl (C=O) groups is 1. The zero-order valence-corrected chi connectivity index (χ0v) is 11.9. The van der Waals surface area contributed by atoms with Gasteiger partial charge in [-0.05, 0) is 18.1 Å². The van der Waals surface area contributed by atoms with Gasteiger partial charge in [0.15, 0.2) is 0 Å². The molecule has 0 unspecified atom stereocenters. The van der Waals surface area contributed by atoms with Gasteiger partial charge < -0.3 is 10.1 Å². The van der Waals surface area contributed by atoms with Gasteiger partial charge in [-0.2, -0.15) is 5.10 Å². The molecule has 0 radical (unpaired) electrons. The molecule has 2 heterocycles. The van der Waals surface area contributed by atoms with E-state index in [1.54, 1.807) is 12.3 Å². The lowest BCUT2D eigenvalue weighted by atomic mass is 10.2. The highest BCUT2D eigenvalue weighted by molar-refractivity contribution is 5.75. The summed E-state index contributed by atoms with van der Waals surface area (Å²) in [7, 11) is 1.54. The summed E-state index contributed by atoms with van der Waals surface area (Å²) in [4.78, 5) is 25.7.